The third kappa shape index (κ3) is 4.90. The Morgan fingerprint density at radius 3 is 2.00 bits per heavy atom. The molecule has 3 nitrogen and oxygen atoms in total. The summed E-state index contributed by atoms with van der Waals surface area (Å²) < 4.78 is 0. The van der Waals surface area contributed by atoms with E-state index in [9.17, 15) is 0 Å². The van der Waals surface area contributed by atoms with E-state index < -0.39 is 0 Å². The monoisotopic (exact) mass is 309 g/mol. The van der Waals surface area contributed by atoms with E-state index in [0.717, 1.165) is 19.6 Å². The lowest BCUT2D eigenvalue weighted by Gasteiger charge is -2.27. The van der Waals surface area contributed by atoms with Gasteiger partial charge in [0, 0.05) is 26.2 Å². The zero-order valence-electron chi connectivity index (χ0n) is 13.7. The van der Waals surface area contributed by atoms with Crippen LogP contribution in [0.2, 0.25) is 0 Å². The molecule has 3 heteroatoms. The number of nitrogens with zero attached hydrogens (tertiary/aromatic N) is 1. The molecular weight excluding hydrogens is 282 g/mol. The lowest BCUT2D eigenvalue weighted by atomic mass is 9.98. The van der Waals surface area contributed by atoms with Gasteiger partial charge in [-0.2, -0.15) is 0 Å². The summed E-state index contributed by atoms with van der Waals surface area (Å²) in [7, 11) is 0. The number of benzene rings is 2. The van der Waals surface area contributed by atoms with Crippen LogP contribution in [0.25, 0.3) is 0 Å². The van der Waals surface area contributed by atoms with Crippen molar-refractivity contribution >= 4 is 0 Å². The van der Waals surface area contributed by atoms with E-state index in [1.807, 2.05) is 0 Å². The summed E-state index contributed by atoms with van der Waals surface area (Å²) in [5, 5.41) is 7.16. The highest BCUT2D eigenvalue weighted by Crippen LogP contribution is 2.21. The van der Waals surface area contributed by atoms with Crippen LogP contribution in [0.4, 0.5) is 0 Å². The summed E-state index contributed by atoms with van der Waals surface area (Å²) in [6.45, 7) is 6.85. The van der Waals surface area contributed by atoms with Crippen LogP contribution in [0.1, 0.15) is 23.6 Å². The molecule has 0 aromatic heterocycles. The maximum absolute atomic E-state index is 3.75. The average Bonchev–Trinajstić information content (AvgIpc) is 2.64. The molecule has 1 fully saturated rings. The van der Waals surface area contributed by atoms with Crippen molar-refractivity contribution in [2.75, 3.05) is 39.3 Å². The second-order valence-electron chi connectivity index (χ2n) is 6.15. The fraction of sp³-hybridized carbons (Fsp3) is 0.400. The molecular formula is C20H27N3. The first-order chi connectivity index (χ1) is 11.4. The molecule has 2 aromatic rings. The molecule has 0 radical (unpaired) electrons. The van der Waals surface area contributed by atoms with Gasteiger partial charge in [0.25, 0.3) is 0 Å². The summed E-state index contributed by atoms with van der Waals surface area (Å²) in [5.74, 6) is 0. The Kier molecular flexibility index (Phi) is 6.21. The molecule has 122 valence electrons. The highest BCUT2D eigenvalue weighted by molar-refractivity contribution is 5.31. The topological polar surface area (TPSA) is 27.3 Å². The minimum atomic E-state index is 0.278. The Bertz CT molecular complexity index is 510. The molecule has 3 rings (SSSR count). The van der Waals surface area contributed by atoms with Crippen molar-refractivity contribution in [1.82, 2.24) is 15.5 Å². The second kappa shape index (κ2) is 8.82. The van der Waals surface area contributed by atoms with Crippen LogP contribution >= 0.6 is 0 Å². The summed E-state index contributed by atoms with van der Waals surface area (Å²) in [4.78, 5) is 2.55. The fourth-order valence-corrected chi connectivity index (χ4v) is 3.20. The van der Waals surface area contributed by atoms with Gasteiger partial charge < -0.3 is 15.5 Å². The number of nitrogens with one attached hydrogen (secondary N) is 2. The molecule has 1 aliphatic rings. The third-order valence-electron chi connectivity index (χ3n) is 4.48. The molecule has 1 saturated heterocycles. The predicted molar refractivity (Wildman–Crippen MR) is 96.7 cm³/mol. The molecule has 1 aliphatic heterocycles. The number of hydrogen-bond acceptors (Lipinski definition) is 3. The molecule has 0 atom stereocenters. The Morgan fingerprint density at radius 2 is 1.43 bits per heavy atom. The van der Waals surface area contributed by atoms with Gasteiger partial charge in [-0.3, -0.25) is 0 Å². The van der Waals surface area contributed by atoms with Gasteiger partial charge in [0.1, 0.15) is 0 Å². The van der Waals surface area contributed by atoms with Crippen molar-refractivity contribution in [2.45, 2.75) is 12.5 Å². The van der Waals surface area contributed by atoms with E-state index in [1.165, 1.54) is 37.2 Å². The molecule has 0 bridgehead atoms. The molecule has 0 saturated carbocycles. The van der Waals surface area contributed by atoms with Gasteiger partial charge in [0.05, 0.1) is 6.04 Å². The Labute approximate surface area is 139 Å². The van der Waals surface area contributed by atoms with Crippen molar-refractivity contribution in [3.63, 3.8) is 0 Å². The molecule has 2 N–H and O–H groups in total. The smallest absolute Gasteiger partial charge is 0.0576 e. The van der Waals surface area contributed by atoms with Crippen LogP contribution in [0.3, 0.4) is 0 Å². The minimum Gasteiger partial charge on any atom is -0.314 e. The van der Waals surface area contributed by atoms with Gasteiger partial charge in [-0.15, -0.1) is 0 Å². The highest BCUT2D eigenvalue weighted by atomic mass is 15.2. The molecule has 2 aromatic carbocycles. The van der Waals surface area contributed by atoms with E-state index in [-0.39, 0.29) is 6.04 Å². The zero-order valence-corrected chi connectivity index (χ0v) is 13.7. The summed E-state index contributed by atoms with van der Waals surface area (Å²) in [5.41, 5.74) is 2.67. The molecule has 0 spiro atoms. The first kappa shape index (κ1) is 16.2. The van der Waals surface area contributed by atoms with Crippen molar-refractivity contribution in [1.29, 1.82) is 0 Å². The van der Waals surface area contributed by atoms with E-state index in [4.69, 9.17) is 0 Å². The largest absolute Gasteiger partial charge is 0.314 e. The van der Waals surface area contributed by atoms with E-state index >= 15 is 0 Å². The Hall–Kier alpha value is -1.68. The predicted octanol–water partition coefficient (Wildman–Crippen LogP) is 2.66. The van der Waals surface area contributed by atoms with Crippen molar-refractivity contribution in [3.8, 4) is 0 Å². The van der Waals surface area contributed by atoms with Crippen LogP contribution in [-0.4, -0.2) is 44.2 Å². The maximum Gasteiger partial charge on any atom is 0.0576 e. The van der Waals surface area contributed by atoms with Crippen molar-refractivity contribution in [2.24, 2.45) is 0 Å². The normalized spacial score (nSPS) is 15.9. The van der Waals surface area contributed by atoms with E-state index in [0.29, 0.717) is 0 Å². The second-order valence-corrected chi connectivity index (χ2v) is 6.15. The molecule has 0 amide bonds. The lowest BCUT2D eigenvalue weighted by molar-refractivity contribution is 0.237. The van der Waals surface area contributed by atoms with Gasteiger partial charge in [-0.1, -0.05) is 60.7 Å². The SMILES string of the molecule is c1ccc(C(NCCCN2CCNCC2)c2ccccc2)cc1. The summed E-state index contributed by atoms with van der Waals surface area (Å²) in [6, 6.07) is 21.7. The lowest BCUT2D eigenvalue weighted by Crippen LogP contribution is -2.44. The third-order valence-corrected chi connectivity index (χ3v) is 4.48. The van der Waals surface area contributed by atoms with Crippen LogP contribution in [0.15, 0.2) is 60.7 Å². The highest BCUT2D eigenvalue weighted by Gasteiger charge is 2.13. The maximum atomic E-state index is 3.75. The molecule has 0 unspecified atom stereocenters. The van der Waals surface area contributed by atoms with Crippen molar-refractivity contribution < 1.29 is 0 Å². The van der Waals surface area contributed by atoms with Crippen LogP contribution in [-0.2, 0) is 0 Å². The van der Waals surface area contributed by atoms with Crippen LogP contribution in [0, 0.1) is 0 Å². The average molecular weight is 309 g/mol. The van der Waals surface area contributed by atoms with E-state index in [2.05, 4.69) is 76.2 Å². The van der Waals surface area contributed by atoms with Gasteiger partial charge in [0.15, 0.2) is 0 Å². The number of hydrogen-bond donors (Lipinski definition) is 2. The molecule has 1 heterocycles. The van der Waals surface area contributed by atoms with Crippen molar-refractivity contribution in [3.05, 3.63) is 71.8 Å². The van der Waals surface area contributed by atoms with Crippen LogP contribution < -0.4 is 10.6 Å². The Morgan fingerprint density at radius 1 is 0.870 bits per heavy atom. The van der Waals surface area contributed by atoms with Crippen LogP contribution in [0.5, 0.6) is 0 Å². The number of piperazine rings is 1. The van der Waals surface area contributed by atoms with Gasteiger partial charge in [-0.05, 0) is 30.6 Å². The first-order valence-electron chi connectivity index (χ1n) is 8.70. The minimum absolute atomic E-state index is 0.278. The zero-order chi connectivity index (χ0) is 15.7. The molecule has 0 aliphatic carbocycles. The quantitative estimate of drug-likeness (QED) is 0.770. The fourth-order valence-electron chi connectivity index (χ4n) is 3.20. The van der Waals surface area contributed by atoms with Gasteiger partial charge >= 0.3 is 0 Å². The number of rotatable bonds is 7. The first-order valence-corrected chi connectivity index (χ1v) is 8.70. The standard InChI is InChI=1S/C20H27N3/c1-3-8-18(9-4-1)20(19-10-5-2-6-11-19)22-12-7-15-23-16-13-21-14-17-23/h1-6,8-11,20-22H,7,12-17H2. The Balaban J connectivity index is 1.56. The van der Waals surface area contributed by atoms with E-state index in [1.54, 1.807) is 0 Å². The summed E-state index contributed by atoms with van der Waals surface area (Å²) in [6.07, 6.45) is 1.19. The van der Waals surface area contributed by atoms with Gasteiger partial charge in [0.2, 0.25) is 0 Å². The molecule has 23 heavy (non-hydrogen) atoms. The van der Waals surface area contributed by atoms with Gasteiger partial charge in [-0.25, -0.2) is 0 Å². The summed E-state index contributed by atoms with van der Waals surface area (Å²) >= 11 is 0.